The molecule has 0 aliphatic heterocycles. The first-order valence-corrected chi connectivity index (χ1v) is 6.05. The van der Waals surface area contributed by atoms with Crippen LogP contribution < -0.4 is 5.73 Å². The zero-order chi connectivity index (χ0) is 16.0. The Balaban J connectivity index is 2.90. The van der Waals surface area contributed by atoms with Crippen LogP contribution in [0.2, 0.25) is 0 Å². The van der Waals surface area contributed by atoms with E-state index in [0.29, 0.717) is 5.56 Å². The second-order valence-electron chi connectivity index (χ2n) is 4.29. The average molecular weight is 302 g/mol. The van der Waals surface area contributed by atoms with E-state index >= 15 is 0 Å². The predicted molar refractivity (Wildman–Crippen MR) is 70.0 cm³/mol. The highest BCUT2D eigenvalue weighted by atomic mass is 19.4. The summed E-state index contributed by atoms with van der Waals surface area (Å²) in [4.78, 5) is 12.8. The van der Waals surface area contributed by atoms with Crippen molar-refractivity contribution in [3.05, 3.63) is 35.1 Å². The van der Waals surface area contributed by atoms with Crippen molar-refractivity contribution in [3.63, 3.8) is 0 Å². The van der Waals surface area contributed by atoms with Crippen molar-refractivity contribution in [2.24, 2.45) is 5.73 Å². The summed E-state index contributed by atoms with van der Waals surface area (Å²) in [6.45, 7) is -0.438. The van der Waals surface area contributed by atoms with E-state index in [1.54, 1.807) is 0 Å². The Hall–Kier alpha value is -2.07. The summed E-state index contributed by atoms with van der Waals surface area (Å²) in [6.07, 6.45) is -5.52. The largest absolute Gasteiger partial charge is 0.390 e. The summed E-state index contributed by atoms with van der Waals surface area (Å²) in [7, 11) is 1.19. The Morgan fingerprint density at radius 1 is 1.38 bits per heavy atom. The van der Waals surface area contributed by atoms with Crippen molar-refractivity contribution >= 4 is 5.91 Å². The van der Waals surface area contributed by atoms with Gasteiger partial charge in [0.05, 0.1) is 18.5 Å². The molecule has 3 nitrogen and oxygen atoms in total. The minimum absolute atomic E-state index is 0.103. The molecule has 0 aliphatic rings. The maximum Gasteiger partial charge on any atom is 0.390 e. The lowest BCUT2D eigenvalue weighted by Crippen LogP contribution is -2.31. The van der Waals surface area contributed by atoms with E-state index in [-0.39, 0.29) is 12.1 Å². The highest BCUT2D eigenvalue weighted by molar-refractivity contribution is 5.94. The van der Waals surface area contributed by atoms with Gasteiger partial charge in [-0.3, -0.25) is 4.79 Å². The van der Waals surface area contributed by atoms with Crippen LogP contribution in [-0.2, 0) is 0 Å². The molecule has 7 heteroatoms. The van der Waals surface area contributed by atoms with E-state index in [1.807, 2.05) is 0 Å². The number of hydrogen-bond donors (Lipinski definition) is 1. The summed E-state index contributed by atoms with van der Waals surface area (Å²) in [5.74, 6) is 3.54. The SMILES string of the molecule is CN(CCC(F)(F)F)C(=O)c1cc(C#CCN)ccc1F. The molecule has 0 unspecified atom stereocenters. The number of halogens is 4. The second-order valence-corrected chi connectivity index (χ2v) is 4.29. The summed E-state index contributed by atoms with van der Waals surface area (Å²) < 4.78 is 50.0. The van der Waals surface area contributed by atoms with Crippen molar-refractivity contribution in [2.45, 2.75) is 12.6 Å². The Labute approximate surface area is 119 Å². The van der Waals surface area contributed by atoms with Gasteiger partial charge in [0.1, 0.15) is 5.82 Å². The molecule has 0 fully saturated rings. The van der Waals surface area contributed by atoms with Crippen molar-refractivity contribution in [1.82, 2.24) is 4.90 Å². The smallest absolute Gasteiger partial charge is 0.341 e. The molecule has 1 aromatic carbocycles. The number of carbonyl (C=O) groups is 1. The monoisotopic (exact) mass is 302 g/mol. The van der Waals surface area contributed by atoms with Crippen molar-refractivity contribution in [1.29, 1.82) is 0 Å². The predicted octanol–water partition coefficient (Wildman–Crippen LogP) is 2.16. The minimum atomic E-state index is -4.37. The number of alkyl halides is 3. The molecule has 0 bridgehead atoms. The second kappa shape index (κ2) is 7.09. The number of nitrogens with two attached hydrogens (primary N) is 1. The minimum Gasteiger partial charge on any atom is -0.341 e. The van der Waals surface area contributed by atoms with Crippen molar-refractivity contribution < 1.29 is 22.4 Å². The Kier molecular flexibility index (Phi) is 5.73. The fourth-order valence-corrected chi connectivity index (χ4v) is 1.52. The Morgan fingerprint density at radius 2 is 2.05 bits per heavy atom. The first-order valence-electron chi connectivity index (χ1n) is 6.05. The lowest BCUT2D eigenvalue weighted by Gasteiger charge is -2.18. The van der Waals surface area contributed by atoms with Crippen molar-refractivity contribution in [2.75, 3.05) is 20.1 Å². The van der Waals surface area contributed by atoms with Crippen LogP contribution in [0, 0.1) is 17.7 Å². The van der Waals surface area contributed by atoms with Gasteiger partial charge in [0, 0.05) is 19.2 Å². The molecule has 1 rings (SSSR count). The number of nitrogens with zero attached hydrogens (tertiary/aromatic N) is 1. The zero-order valence-electron chi connectivity index (χ0n) is 11.3. The van der Waals surface area contributed by atoms with Gasteiger partial charge in [0.15, 0.2) is 0 Å². The fraction of sp³-hybridized carbons (Fsp3) is 0.357. The quantitative estimate of drug-likeness (QED) is 0.687. The van der Waals surface area contributed by atoms with Crippen LogP contribution >= 0.6 is 0 Å². The van der Waals surface area contributed by atoms with Gasteiger partial charge in [0.2, 0.25) is 0 Å². The number of benzene rings is 1. The van der Waals surface area contributed by atoms with E-state index < -0.39 is 30.9 Å². The molecule has 2 N–H and O–H groups in total. The van der Waals surface area contributed by atoms with Gasteiger partial charge >= 0.3 is 6.18 Å². The van der Waals surface area contributed by atoms with E-state index in [4.69, 9.17) is 5.73 Å². The molecule has 0 atom stereocenters. The van der Waals surface area contributed by atoms with E-state index in [2.05, 4.69) is 11.8 Å². The normalized spacial score (nSPS) is 10.8. The molecule has 114 valence electrons. The summed E-state index contributed by atoms with van der Waals surface area (Å²) in [5.41, 5.74) is 5.26. The lowest BCUT2D eigenvalue weighted by atomic mass is 10.1. The fourth-order valence-electron chi connectivity index (χ4n) is 1.52. The van der Waals surface area contributed by atoms with Crippen LogP contribution in [0.3, 0.4) is 0 Å². The highest BCUT2D eigenvalue weighted by Gasteiger charge is 2.28. The molecule has 0 saturated carbocycles. The maximum atomic E-state index is 13.6. The van der Waals surface area contributed by atoms with Gasteiger partial charge in [0.25, 0.3) is 5.91 Å². The third-order valence-electron chi connectivity index (χ3n) is 2.61. The number of amides is 1. The lowest BCUT2D eigenvalue weighted by molar-refractivity contribution is -0.136. The van der Waals surface area contributed by atoms with Crippen LogP contribution in [0.5, 0.6) is 0 Å². The molecule has 0 saturated heterocycles. The molecular weight excluding hydrogens is 288 g/mol. The standard InChI is InChI=1S/C14H14F4N2O/c1-20(8-6-14(16,17)18)13(21)11-9-10(3-2-7-19)4-5-12(11)15/h4-5,9H,6-8,19H2,1H3. The molecule has 21 heavy (non-hydrogen) atoms. The van der Waals surface area contributed by atoms with Gasteiger partial charge in [-0.1, -0.05) is 11.8 Å². The molecule has 0 aromatic heterocycles. The summed E-state index contributed by atoms with van der Waals surface area (Å²) in [6, 6.07) is 3.61. The van der Waals surface area contributed by atoms with E-state index in [0.717, 1.165) is 11.0 Å². The van der Waals surface area contributed by atoms with Gasteiger partial charge in [-0.15, -0.1) is 0 Å². The highest BCUT2D eigenvalue weighted by Crippen LogP contribution is 2.20. The first kappa shape index (κ1) is 17.0. The molecule has 0 radical (unpaired) electrons. The van der Waals surface area contributed by atoms with E-state index in [9.17, 15) is 22.4 Å². The topological polar surface area (TPSA) is 46.3 Å². The molecule has 0 spiro atoms. The van der Waals surface area contributed by atoms with Crippen LogP contribution in [0.15, 0.2) is 18.2 Å². The van der Waals surface area contributed by atoms with Crippen molar-refractivity contribution in [3.8, 4) is 11.8 Å². The molecular formula is C14H14F4N2O. The Bertz CT molecular complexity index is 573. The van der Waals surface area contributed by atoms with E-state index in [1.165, 1.54) is 19.2 Å². The van der Waals surface area contributed by atoms with Crippen LogP contribution in [0.25, 0.3) is 0 Å². The summed E-state index contributed by atoms with van der Waals surface area (Å²) >= 11 is 0. The molecule has 1 amide bonds. The third kappa shape index (κ3) is 5.44. The van der Waals surface area contributed by atoms with Gasteiger partial charge in [-0.05, 0) is 18.2 Å². The maximum absolute atomic E-state index is 13.6. The third-order valence-corrected chi connectivity index (χ3v) is 2.61. The van der Waals surface area contributed by atoms with Gasteiger partial charge in [-0.2, -0.15) is 13.2 Å². The first-order chi connectivity index (χ1) is 9.74. The van der Waals surface area contributed by atoms with Crippen LogP contribution in [-0.4, -0.2) is 37.1 Å². The van der Waals surface area contributed by atoms with Gasteiger partial charge in [-0.25, -0.2) is 4.39 Å². The average Bonchev–Trinajstić information content (AvgIpc) is 2.42. The molecule has 1 aromatic rings. The summed E-state index contributed by atoms with van der Waals surface area (Å²) in [5, 5.41) is 0. The van der Waals surface area contributed by atoms with Gasteiger partial charge < -0.3 is 10.6 Å². The molecule has 0 aliphatic carbocycles. The number of carbonyl (C=O) groups excluding carboxylic acids is 1. The number of rotatable bonds is 3. The van der Waals surface area contributed by atoms with Crippen LogP contribution in [0.4, 0.5) is 17.6 Å². The van der Waals surface area contributed by atoms with Crippen LogP contribution in [0.1, 0.15) is 22.3 Å². The number of hydrogen-bond acceptors (Lipinski definition) is 2. The zero-order valence-corrected chi connectivity index (χ0v) is 11.3. The Morgan fingerprint density at radius 3 is 2.62 bits per heavy atom. The molecule has 0 heterocycles.